The van der Waals surface area contributed by atoms with Gasteiger partial charge in [0.25, 0.3) is 5.56 Å². The predicted octanol–water partition coefficient (Wildman–Crippen LogP) is 1.27. The van der Waals surface area contributed by atoms with Crippen LogP contribution in [-0.4, -0.2) is 19.1 Å². The number of rotatable bonds is 3. The van der Waals surface area contributed by atoms with E-state index in [4.69, 9.17) is 0 Å². The number of imidazole rings is 1. The molecule has 0 aliphatic heterocycles. The van der Waals surface area contributed by atoms with Gasteiger partial charge in [0, 0.05) is 19.8 Å². The summed E-state index contributed by atoms with van der Waals surface area (Å²) in [7, 11) is 3.03. The molecule has 1 aromatic carbocycles. The number of H-pyrrole nitrogens is 1. The molecule has 114 valence electrons. The van der Waals surface area contributed by atoms with E-state index < -0.39 is 5.69 Å². The van der Waals surface area contributed by atoms with Gasteiger partial charge in [0.1, 0.15) is 0 Å². The second-order valence-corrected chi connectivity index (χ2v) is 5.17. The molecule has 0 saturated carbocycles. The number of anilines is 2. The van der Waals surface area contributed by atoms with Crippen molar-refractivity contribution in [2.45, 2.75) is 13.3 Å². The maximum atomic E-state index is 12.1. The van der Waals surface area contributed by atoms with Crippen molar-refractivity contribution in [3.8, 4) is 0 Å². The number of aryl methyl sites for hydroxylation is 2. The predicted molar refractivity (Wildman–Crippen MR) is 85.7 cm³/mol. The third-order valence-corrected chi connectivity index (χ3v) is 3.72. The normalized spacial score (nSPS) is 11.0. The molecule has 2 aromatic heterocycles. The van der Waals surface area contributed by atoms with Crippen LogP contribution in [0.3, 0.4) is 0 Å². The lowest BCUT2D eigenvalue weighted by Crippen LogP contribution is -2.36. The van der Waals surface area contributed by atoms with Crippen molar-refractivity contribution in [1.82, 2.24) is 19.1 Å². The number of fused-ring (bicyclic) bond motifs is 1. The minimum atomic E-state index is -0.400. The highest BCUT2D eigenvalue weighted by Gasteiger charge is 2.13. The topological polar surface area (TPSA) is 84.7 Å². The number of aromatic nitrogens is 4. The molecule has 7 heteroatoms. The summed E-state index contributed by atoms with van der Waals surface area (Å²) in [6.45, 7) is 2.10. The van der Waals surface area contributed by atoms with Gasteiger partial charge in [0.05, 0.1) is 0 Å². The van der Waals surface area contributed by atoms with Crippen molar-refractivity contribution in [2.24, 2.45) is 14.1 Å². The highest BCUT2D eigenvalue weighted by molar-refractivity contribution is 5.74. The average molecular weight is 299 g/mol. The van der Waals surface area contributed by atoms with Crippen LogP contribution < -0.4 is 16.6 Å². The zero-order valence-corrected chi connectivity index (χ0v) is 12.7. The molecule has 0 aliphatic carbocycles. The van der Waals surface area contributed by atoms with Crippen LogP contribution in [0.15, 0.2) is 33.9 Å². The van der Waals surface area contributed by atoms with Gasteiger partial charge in [-0.05, 0) is 24.1 Å². The number of aromatic amines is 1. The summed E-state index contributed by atoms with van der Waals surface area (Å²) in [5.41, 5.74) is 1.95. The summed E-state index contributed by atoms with van der Waals surface area (Å²) in [4.78, 5) is 31.2. The fourth-order valence-corrected chi connectivity index (χ4v) is 2.35. The van der Waals surface area contributed by atoms with Gasteiger partial charge in [-0.25, -0.2) is 4.79 Å². The molecule has 0 aliphatic rings. The van der Waals surface area contributed by atoms with Crippen molar-refractivity contribution >= 4 is 22.8 Å². The van der Waals surface area contributed by atoms with Crippen molar-refractivity contribution in [2.75, 3.05) is 5.32 Å². The second-order valence-electron chi connectivity index (χ2n) is 5.17. The van der Waals surface area contributed by atoms with Gasteiger partial charge >= 0.3 is 5.69 Å². The molecule has 22 heavy (non-hydrogen) atoms. The first-order valence-corrected chi connectivity index (χ1v) is 7.03. The molecule has 0 fully saturated rings. The van der Waals surface area contributed by atoms with Crippen molar-refractivity contribution in [3.05, 3.63) is 50.7 Å². The lowest BCUT2D eigenvalue weighted by molar-refractivity contribution is 0.709. The zero-order chi connectivity index (χ0) is 15.9. The Morgan fingerprint density at radius 1 is 1.14 bits per heavy atom. The van der Waals surface area contributed by atoms with Crippen LogP contribution in [0.25, 0.3) is 11.2 Å². The van der Waals surface area contributed by atoms with Gasteiger partial charge in [-0.3, -0.25) is 13.9 Å². The summed E-state index contributed by atoms with van der Waals surface area (Å²) < 4.78 is 2.40. The maximum absolute atomic E-state index is 12.1. The van der Waals surface area contributed by atoms with Crippen LogP contribution in [0, 0.1) is 0 Å². The first-order chi connectivity index (χ1) is 10.5. The first-order valence-electron chi connectivity index (χ1n) is 7.03. The van der Waals surface area contributed by atoms with Crippen LogP contribution in [0.1, 0.15) is 12.5 Å². The van der Waals surface area contributed by atoms with E-state index in [0.29, 0.717) is 17.1 Å². The van der Waals surface area contributed by atoms with Gasteiger partial charge < -0.3 is 10.3 Å². The summed E-state index contributed by atoms with van der Waals surface area (Å²) in [6, 6.07) is 7.95. The monoisotopic (exact) mass is 299 g/mol. The molecule has 0 radical (unpaired) electrons. The number of nitrogens with zero attached hydrogens (tertiary/aromatic N) is 3. The Morgan fingerprint density at radius 3 is 2.45 bits per heavy atom. The highest BCUT2D eigenvalue weighted by Crippen LogP contribution is 2.16. The zero-order valence-electron chi connectivity index (χ0n) is 12.7. The molecule has 3 aromatic rings. The molecule has 0 atom stereocenters. The van der Waals surface area contributed by atoms with Crippen LogP contribution in [0.4, 0.5) is 11.6 Å². The SMILES string of the molecule is CCc1ccc(Nc2nc3c([nH]2)c(=O)n(C)c(=O)n3C)cc1. The van der Waals surface area contributed by atoms with E-state index in [9.17, 15) is 9.59 Å². The van der Waals surface area contributed by atoms with Crippen LogP contribution in [-0.2, 0) is 20.5 Å². The smallest absolute Gasteiger partial charge is 0.326 e. The fraction of sp³-hybridized carbons (Fsp3) is 0.267. The van der Waals surface area contributed by atoms with Crippen molar-refractivity contribution in [3.63, 3.8) is 0 Å². The average Bonchev–Trinajstić information content (AvgIpc) is 2.95. The van der Waals surface area contributed by atoms with E-state index in [1.807, 2.05) is 24.3 Å². The minimum Gasteiger partial charge on any atom is -0.326 e. The maximum Gasteiger partial charge on any atom is 0.332 e. The molecule has 0 bridgehead atoms. The Balaban J connectivity index is 2.05. The quantitative estimate of drug-likeness (QED) is 0.762. The van der Waals surface area contributed by atoms with Gasteiger partial charge in [0.15, 0.2) is 11.2 Å². The molecule has 0 amide bonds. The van der Waals surface area contributed by atoms with E-state index in [0.717, 1.165) is 16.7 Å². The number of hydrogen-bond donors (Lipinski definition) is 2. The van der Waals surface area contributed by atoms with Crippen molar-refractivity contribution < 1.29 is 0 Å². The Morgan fingerprint density at radius 2 is 1.82 bits per heavy atom. The largest absolute Gasteiger partial charge is 0.332 e. The van der Waals surface area contributed by atoms with E-state index in [2.05, 4.69) is 22.2 Å². The summed E-state index contributed by atoms with van der Waals surface area (Å²) in [5, 5.41) is 3.11. The Labute approximate surface area is 126 Å². The molecule has 3 rings (SSSR count). The lowest BCUT2D eigenvalue weighted by Gasteiger charge is -2.03. The summed E-state index contributed by atoms with van der Waals surface area (Å²) in [6.07, 6.45) is 0.975. The molecule has 7 nitrogen and oxygen atoms in total. The number of hydrogen-bond acceptors (Lipinski definition) is 4. The number of benzene rings is 1. The molecule has 0 saturated heterocycles. The molecule has 2 N–H and O–H groups in total. The van der Waals surface area contributed by atoms with Gasteiger partial charge in [-0.1, -0.05) is 19.1 Å². The van der Waals surface area contributed by atoms with Gasteiger partial charge in [0.2, 0.25) is 5.95 Å². The summed E-state index contributed by atoms with van der Waals surface area (Å²) in [5.74, 6) is 0.428. The highest BCUT2D eigenvalue weighted by atomic mass is 16.2. The molecular formula is C15H17N5O2. The van der Waals surface area contributed by atoms with Crippen molar-refractivity contribution in [1.29, 1.82) is 0 Å². The van der Waals surface area contributed by atoms with Crippen LogP contribution in [0.2, 0.25) is 0 Å². The van der Waals surface area contributed by atoms with E-state index in [1.54, 1.807) is 7.05 Å². The third kappa shape index (κ3) is 2.20. The van der Waals surface area contributed by atoms with Crippen LogP contribution in [0.5, 0.6) is 0 Å². The van der Waals surface area contributed by atoms with Gasteiger partial charge in [-0.2, -0.15) is 4.98 Å². The molecular weight excluding hydrogens is 282 g/mol. The number of nitrogens with one attached hydrogen (secondary N) is 2. The first kappa shape index (κ1) is 14.1. The minimum absolute atomic E-state index is 0.303. The molecule has 2 heterocycles. The molecule has 0 unspecified atom stereocenters. The molecule has 0 spiro atoms. The van der Waals surface area contributed by atoms with E-state index in [-0.39, 0.29) is 5.56 Å². The van der Waals surface area contributed by atoms with E-state index >= 15 is 0 Å². The second kappa shape index (κ2) is 5.18. The standard InChI is InChI=1S/C15H17N5O2/c1-4-9-5-7-10(8-6-9)16-14-17-11-12(18-14)19(2)15(22)20(3)13(11)21/h5-8H,4H2,1-3H3,(H2,16,17,18). The third-order valence-electron chi connectivity index (χ3n) is 3.72. The Hall–Kier alpha value is -2.83. The lowest BCUT2D eigenvalue weighted by atomic mass is 10.1. The van der Waals surface area contributed by atoms with E-state index in [1.165, 1.54) is 17.2 Å². The Bertz CT molecular complexity index is 947. The summed E-state index contributed by atoms with van der Waals surface area (Å²) >= 11 is 0. The van der Waals surface area contributed by atoms with Crippen LogP contribution >= 0.6 is 0 Å². The fourth-order valence-electron chi connectivity index (χ4n) is 2.35. The van der Waals surface area contributed by atoms with Gasteiger partial charge in [-0.15, -0.1) is 0 Å². The Kier molecular flexibility index (Phi) is 3.32.